The predicted molar refractivity (Wildman–Crippen MR) is 93.6 cm³/mol. The van der Waals surface area contributed by atoms with Gasteiger partial charge in [-0.3, -0.25) is 4.79 Å². The van der Waals surface area contributed by atoms with E-state index in [1.54, 1.807) is 6.07 Å². The lowest BCUT2D eigenvalue weighted by atomic mass is 10.0. The highest BCUT2D eigenvalue weighted by Crippen LogP contribution is 2.41. The summed E-state index contributed by atoms with van der Waals surface area (Å²) in [7, 11) is 1.40. The van der Waals surface area contributed by atoms with E-state index in [1.807, 2.05) is 0 Å². The Balaban J connectivity index is 1.86. The molecule has 2 aromatic rings. The van der Waals surface area contributed by atoms with E-state index in [-0.39, 0.29) is 30.2 Å². The van der Waals surface area contributed by atoms with Gasteiger partial charge in [-0.05, 0) is 36.2 Å². The number of hydrogen-bond acceptors (Lipinski definition) is 3. The van der Waals surface area contributed by atoms with Crippen molar-refractivity contribution in [1.82, 2.24) is 4.90 Å². The molecule has 0 aliphatic carbocycles. The lowest BCUT2D eigenvalue weighted by Gasteiger charge is -2.26. The van der Waals surface area contributed by atoms with Gasteiger partial charge >= 0.3 is 6.36 Å². The van der Waals surface area contributed by atoms with Gasteiger partial charge in [-0.1, -0.05) is 18.2 Å². The van der Waals surface area contributed by atoms with Gasteiger partial charge < -0.3 is 14.4 Å². The Morgan fingerprint density at radius 3 is 2.46 bits per heavy atom. The summed E-state index contributed by atoms with van der Waals surface area (Å²) in [6.45, 7) is 0.0521. The maximum absolute atomic E-state index is 14.5. The molecule has 1 heterocycles. The molecule has 0 N–H and O–H groups in total. The second-order valence-corrected chi connectivity index (χ2v) is 6.76. The van der Waals surface area contributed by atoms with Gasteiger partial charge in [0, 0.05) is 6.54 Å². The van der Waals surface area contributed by atoms with Crippen LogP contribution in [0.4, 0.5) is 17.6 Å². The first kappa shape index (κ1) is 20.3. The Kier molecular flexibility index (Phi) is 5.69. The largest absolute Gasteiger partial charge is 0.573 e. The monoisotopic (exact) mass is 417 g/mol. The van der Waals surface area contributed by atoms with E-state index in [9.17, 15) is 22.4 Å². The molecule has 1 amide bonds. The number of methoxy groups -OCH3 is 1. The SMILES string of the molecule is COc1cccc(F)c1[C@@H]1C[C@@H](Cl)C(=O)N1Cc1ccc(OC(F)(F)F)cc1. The van der Waals surface area contributed by atoms with Crippen molar-refractivity contribution < 1.29 is 31.8 Å². The molecule has 0 saturated carbocycles. The first-order valence-corrected chi connectivity index (χ1v) is 8.75. The highest BCUT2D eigenvalue weighted by Gasteiger charge is 2.41. The van der Waals surface area contributed by atoms with Crippen molar-refractivity contribution in [2.75, 3.05) is 7.11 Å². The Morgan fingerprint density at radius 2 is 1.86 bits per heavy atom. The molecule has 1 fully saturated rings. The van der Waals surface area contributed by atoms with Gasteiger partial charge in [-0.25, -0.2) is 4.39 Å². The van der Waals surface area contributed by atoms with Crippen LogP contribution in [0.2, 0.25) is 0 Å². The summed E-state index contributed by atoms with van der Waals surface area (Å²) in [6.07, 6.45) is -4.60. The number of halogens is 5. The minimum Gasteiger partial charge on any atom is -0.496 e. The van der Waals surface area contributed by atoms with Crippen LogP contribution in [0.5, 0.6) is 11.5 Å². The van der Waals surface area contributed by atoms with E-state index in [0.717, 1.165) is 12.1 Å². The van der Waals surface area contributed by atoms with Gasteiger partial charge in [-0.2, -0.15) is 0 Å². The Hall–Kier alpha value is -2.48. The van der Waals surface area contributed by atoms with Crippen LogP contribution < -0.4 is 9.47 Å². The molecular weight excluding hydrogens is 402 g/mol. The molecule has 0 spiro atoms. The molecule has 3 rings (SSSR count). The third-order valence-electron chi connectivity index (χ3n) is 4.43. The number of benzene rings is 2. The van der Waals surface area contributed by atoms with E-state index in [4.69, 9.17) is 16.3 Å². The first-order valence-electron chi connectivity index (χ1n) is 8.31. The van der Waals surface area contributed by atoms with Crippen LogP contribution in [0.1, 0.15) is 23.6 Å². The highest BCUT2D eigenvalue weighted by atomic mass is 35.5. The molecular formula is C19H16ClF4NO3. The summed E-state index contributed by atoms with van der Waals surface area (Å²) in [5.74, 6) is -0.983. The summed E-state index contributed by atoms with van der Waals surface area (Å²) in [5.41, 5.74) is 0.771. The van der Waals surface area contributed by atoms with E-state index in [1.165, 1.54) is 36.3 Å². The molecule has 2 aromatic carbocycles. The average Bonchev–Trinajstić information content (AvgIpc) is 2.90. The molecule has 0 radical (unpaired) electrons. The standard InChI is InChI=1S/C19H16ClF4NO3/c1-27-16-4-2-3-14(21)17(16)15-9-13(20)18(26)25(15)10-11-5-7-12(8-6-11)28-19(22,23)24/h2-8,13,15H,9-10H2,1H3/t13-,15+/m1/s1. The minimum absolute atomic E-state index is 0.0521. The van der Waals surface area contributed by atoms with Crippen LogP contribution in [-0.2, 0) is 11.3 Å². The van der Waals surface area contributed by atoms with Crippen LogP contribution in [0.15, 0.2) is 42.5 Å². The van der Waals surface area contributed by atoms with E-state index in [0.29, 0.717) is 11.3 Å². The molecule has 150 valence electrons. The summed E-state index contributed by atoms with van der Waals surface area (Å²) < 4.78 is 60.4. The zero-order valence-corrected chi connectivity index (χ0v) is 15.4. The van der Waals surface area contributed by atoms with Crippen LogP contribution in [0, 0.1) is 5.82 Å². The Bertz CT molecular complexity index is 857. The van der Waals surface area contributed by atoms with Crippen LogP contribution in [-0.4, -0.2) is 29.7 Å². The van der Waals surface area contributed by atoms with Crippen molar-refractivity contribution in [2.24, 2.45) is 0 Å². The van der Waals surface area contributed by atoms with Crippen LogP contribution >= 0.6 is 11.6 Å². The van der Waals surface area contributed by atoms with Gasteiger partial charge in [-0.15, -0.1) is 24.8 Å². The number of ether oxygens (including phenoxy) is 2. The van der Waals surface area contributed by atoms with E-state index in [2.05, 4.69) is 4.74 Å². The van der Waals surface area contributed by atoms with Crippen LogP contribution in [0.3, 0.4) is 0 Å². The number of likely N-dealkylation sites (tertiary alicyclic amines) is 1. The molecule has 9 heteroatoms. The van der Waals surface area contributed by atoms with Gasteiger partial charge in [0.05, 0.1) is 18.7 Å². The second kappa shape index (κ2) is 7.87. The fourth-order valence-electron chi connectivity index (χ4n) is 3.23. The number of rotatable bonds is 5. The number of amides is 1. The van der Waals surface area contributed by atoms with Gasteiger partial charge in [0.2, 0.25) is 5.91 Å². The van der Waals surface area contributed by atoms with Gasteiger partial charge in [0.25, 0.3) is 0 Å². The second-order valence-electron chi connectivity index (χ2n) is 6.23. The number of hydrogen-bond donors (Lipinski definition) is 0. The zero-order valence-electron chi connectivity index (χ0n) is 14.7. The topological polar surface area (TPSA) is 38.8 Å². The number of alkyl halides is 4. The summed E-state index contributed by atoms with van der Waals surface area (Å²) in [6, 6.07) is 8.82. The van der Waals surface area contributed by atoms with E-state index < -0.39 is 23.6 Å². The normalized spacial score (nSPS) is 19.8. The molecule has 0 aromatic heterocycles. The molecule has 4 nitrogen and oxygen atoms in total. The molecule has 0 unspecified atom stereocenters. The smallest absolute Gasteiger partial charge is 0.496 e. The molecule has 2 atom stereocenters. The number of carbonyl (C=O) groups excluding carboxylic acids is 1. The molecule has 28 heavy (non-hydrogen) atoms. The van der Waals surface area contributed by atoms with E-state index >= 15 is 0 Å². The van der Waals surface area contributed by atoms with Crippen molar-refractivity contribution in [3.05, 3.63) is 59.4 Å². The fraction of sp³-hybridized carbons (Fsp3) is 0.316. The summed E-state index contributed by atoms with van der Waals surface area (Å²) in [5, 5.41) is -0.831. The lowest BCUT2D eigenvalue weighted by Crippen LogP contribution is -2.30. The number of carbonyl (C=O) groups is 1. The highest BCUT2D eigenvalue weighted by molar-refractivity contribution is 6.31. The molecule has 1 saturated heterocycles. The summed E-state index contributed by atoms with van der Waals surface area (Å²) >= 11 is 6.11. The third kappa shape index (κ3) is 4.32. The van der Waals surface area contributed by atoms with Gasteiger partial charge in [0.1, 0.15) is 22.7 Å². The fourth-order valence-corrected chi connectivity index (χ4v) is 3.53. The maximum atomic E-state index is 14.5. The predicted octanol–water partition coefficient (Wildman–Crippen LogP) is 4.81. The molecule has 1 aliphatic rings. The maximum Gasteiger partial charge on any atom is 0.573 e. The quantitative estimate of drug-likeness (QED) is 0.517. The van der Waals surface area contributed by atoms with Crippen molar-refractivity contribution in [2.45, 2.75) is 30.7 Å². The van der Waals surface area contributed by atoms with Crippen molar-refractivity contribution in [3.8, 4) is 11.5 Å². The average molecular weight is 418 g/mol. The van der Waals surface area contributed by atoms with Crippen molar-refractivity contribution >= 4 is 17.5 Å². The first-order chi connectivity index (χ1) is 13.2. The summed E-state index contributed by atoms with van der Waals surface area (Å²) in [4.78, 5) is 13.9. The van der Waals surface area contributed by atoms with Crippen molar-refractivity contribution in [3.63, 3.8) is 0 Å². The van der Waals surface area contributed by atoms with Crippen molar-refractivity contribution in [1.29, 1.82) is 0 Å². The lowest BCUT2D eigenvalue weighted by molar-refractivity contribution is -0.274. The Labute approximate surface area is 163 Å². The zero-order chi connectivity index (χ0) is 20.5. The number of nitrogens with zero attached hydrogens (tertiary/aromatic N) is 1. The Morgan fingerprint density at radius 1 is 1.18 bits per heavy atom. The van der Waals surface area contributed by atoms with Crippen LogP contribution in [0.25, 0.3) is 0 Å². The third-order valence-corrected chi connectivity index (χ3v) is 4.80. The van der Waals surface area contributed by atoms with Gasteiger partial charge in [0.15, 0.2) is 0 Å². The minimum atomic E-state index is -4.79. The molecule has 0 bridgehead atoms. The molecule has 1 aliphatic heterocycles.